The zero-order valence-electron chi connectivity index (χ0n) is 8.29. The molecule has 1 heterocycles. The van der Waals surface area contributed by atoms with Crippen molar-refractivity contribution < 1.29 is 4.79 Å². The molecule has 1 aliphatic carbocycles. The first-order valence-corrected chi connectivity index (χ1v) is 4.58. The first-order chi connectivity index (χ1) is 6.00. The second kappa shape index (κ2) is 2.44. The van der Waals surface area contributed by atoms with E-state index in [1.807, 2.05) is 27.1 Å². The van der Waals surface area contributed by atoms with E-state index in [2.05, 4.69) is 5.10 Å². The van der Waals surface area contributed by atoms with Crippen molar-refractivity contribution in [2.45, 2.75) is 26.7 Å². The van der Waals surface area contributed by atoms with E-state index >= 15 is 0 Å². The van der Waals surface area contributed by atoms with Crippen molar-refractivity contribution in [3.63, 3.8) is 0 Å². The fourth-order valence-electron chi connectivity index (χ4n) is 1.79. The molecule has 0 spiro atoms. The molecule has 0 saturated carbocycles. The summed E-state index contributed by atoms with van der Waals surface area (Å²) >= 11 is 0. The quantitative estimate of drug-likeness (QED) is 0.604. The summed E-state index contributed by atoms with van der Waals surface area (Å²) in [4.78, 5) is 11.9. The smallest absolute Gasteiger partial charge is 0.188 e. The van der Waals surface area contributed by atoms with Gasteiger partial charge in [0.1, 0.15) is 5.69 Å². The molecule has 0 bridgehead atoms. The van der Waals surface area contributed by atoms with Gasteiger partial charge in [-0.25, -0.2) is 0 Å². The number of carbonyl (C=O) groups is 1. The maximum Gasteiger partial charge on any atom is 0.188 e. The van der Waals surface area contributed by atoms with Crippen LogP contribution in [-0.2, 0) is 13.5 Å². The molecule has 0 amide bonds. The number of hydrogen-bond donors (Lipinski definition) is 0. The number of carbonyl (C=O) groups excluding carboxylic acids is 1. The van der Waals surface area contributed by atoms with Gasteiger partial charge in [0.05, 0.1) is 0 Å². The highest BCUT2D eigenvalue weighted by Crippen LogP contribution is 2.33. The maximum atomic E-state index is 11.9. The molecule has 3 heteroatoms. The third-order valence-electron chi connectivity index (χ3n) is 2.75. The zero-order valence-corrected chi connectivity index (χ0v) is 8.29. The molecule has 0 fully saturated rings. The van der Waals surface area contributed by atoms with Crippen LogP contribution in [-0.4, -0.2) is 15.6 Å². The fourth-order valence-corrected chi connectivity index (χ4v) is 1.79. The number of Topliss-reactive ketones (excluding diaryl/α,β-unsaturated/α-hetero) is 1. The van der Waals surface area contributed by atoms with Crippen LogP contribution >= 0.6 is 0 Å². The summed E-state index contributed by atoms with van der Waals surface area (Å²) in [6, 6.07) is 0. The van der Waals surface area contributed by atoms with E-state index in [1.54, 1.807) is 4.68 Å². The number of aromatic nitrogens is 2. The molecule has 0 saturated heterocycles. The molecule has 0 aliphatic heterocycles. The Morgan fingerprint density at radius 2 is 2.23 bits per heavy atom. The topological polar surface area (TPSA) is 34.9 Å². The number of nitrogens with zero attached hydrogens (tertiary/aromatic N) is 2. The second-order valence-corrected chi connectivity index (χ2v) is 4.39. The molecular weight excluding hydrogens is 164 g/mol. The summed E-state index contributed by atoms with van der Waals surface area (Å²) in [7, 11) is 1.86. The van der Waals surface area contributed by atoms with E-state index < -0.39 is 0 Å². The van der Waals surface area contributed by atoms with E-state index in [4.69, 9.17) is 0 Å². The summed E-state index contributed by atoms with van der Waals surface area (Å²) in [6.45, 7) is 3.99. The van der Waals surface area contributed by atoms with E-state index in [9.17, 15) is 4.79 Å². The standard InChI is InChI=1S/C10H14N2O/c1-10(2)5-4-7-6-12(3)11-8(7)9(10)13/h6H,4-5H2,1-3H3. The van der Waals surface area contributed by atoms with Gasteiger partial charge in [0.25, 0.3) is 0 Å². The molecule has 1 aromatic rings. The third kappa shape index (κ3) is 1.19. The molecule has 2 rings (SSSR count). The lowest BCUT2D eigenvalue weighted by Gasteiger charge is -2.26. The van der Waals surface area contributed by atoms with Gasteiger partial charge in [-0.15, -0.1) is 0 Å². The Kier molecular flexibility index (Phi) is 1.59. The summed E-state index contributed by atoms with van der Waals surface area (Å²) in [5.41, 5.74) is 1.56. The number of hydrogen-bond acceptors (Lipinski definition) is 2. The Hall–Kier alpha value is -1.12. The summed E-state index contributed by atoms with van der Waals surface area (Å²) in [5.74, 6) is 0.189. The van der Waals surface area contributed by atoms with E-state index in [-0.39, 0.29) is 11.2 Å². The summed E-state index contributed by atoms with van der Waals surface area (Å²) in [5, 5.41) is 4.19. The number of rotatable bonds is 0. The first kappa shape index (κ1) is 8.48. The Bertz CT molecular complexity index is 363. The van der Waals surface area contributed by atoms with Crippen molar-refractivity contribution >= 4 is 5.78 Å². The van der Waals surface area contributed by atoms with Crippen molar-refractivity contribution in [3.8, 4) is 0 Å². The van der Waals surface area contributed by atoms with E-state index in [0.717, 1.165) is 18.4 Å². The van der Waals surface area contributed by atoms with Gasteiger partial charge < -0.3 is 0 Å². The Morgan fingerprint density at radius 1 is 1.54 bits per heavy atom. The van der Waals surface area contributed by atoms with Crippen molar-refractivity contribution in [2.75, 3.05) is 0 Å². The Labute approximate surface area is 77.7 Å². The molecule has 0 unspecified atom stereocenters. The van der Waals surface area contributed by atoms with E-state index in [1.165, 1.54) is 0 Å². The highest BCUT2D eigenvalue weighted by atomic mass is 16.1. The van der Waals surface area contributed by atoms with E-state index in [0.29, 0.717) is 5.69 Å². The molecular formula is C10H14N2O. The highest BCUT2D eigenvalue weighted by molar-refractivity contribution is 6.00. The molecule has 3 nitrogen and oxygen atoms in total. The second-order valence-electron chi connectivity index (χ2n) is 4.39. The largest absolute Gasteiger partial charge is 0.292 e. The molecule has 0 atom stereocenters. The lowest BCUT2D eigenvalue weighted by atomic mass is 9.76. The van der Waals surface area contributed by atoms with Crippen LogP contribution in [0.15, 0.2) is 6.20 Å². The van der Waals surface area contributed by atoms with Crippen molar-refractivity contribution in [3.05, 3.63) is 17.5 Å². The number of ketones is 1. The molecule has 1 aromatic heterocycles. The number of aryl methyl sites for hydroxylation is 2. The van der Waals surface area contributed by atoms with Gasteiger partial charge >= 0.3 is 0 Å². The van der Waals surface area contributed by atoms with Crippen LogP contribution in [0.2, 0.25) is 0 Å². The SMILES string of the molecule is Cn1cc2c(n1)C(=O)C(C)(C)CC2. The maximum absolute atomic E-state index is 11.9. The summed E-state index contributed by atoms with van der Waals surface area (Å²) < 4.78 is 1.73. The van der Waals surface area contributed by atoms with Gasteiger partial charge in [0, 0.05) is 24.2 Å². The molecule has 0 aromatic carbocycles. The van der Waals surface area contributed by atoms with Crippen LogP contribution in [0.5, 0.6) is 0 Å². The molecule has 0 radical (unpaired) electrons. The zero-order chi connectivity index (χ0) is 9.64. The van der Waals surface area contributed by atoms with Gasteiger partial charge in [-0.2, -0.15) is 5.10 Å². The highest BCUT2D eigenvalue weighted by Gasteiger charge is 2.36. The van der Waals surface area contributed by atoms with Crippen LogP contribution in [0.3, 0.4) is 0 Å². The fraction of sp³-hybridized carbons (Fsp3) is 0.600. The Morgan fingerprint density at radius 3 is 2.92 bits per heavy atom. The lowest BCUT2D eigenvalue weighted by molar-refractivity contribution is 0.0805. The van der Waals surface area contributed by atoms with Gasteiger partial charge in [-0.1, -0.05) is 13.8 Å². The van der Waals surface area contributed by atoms with Gasteiger partial charge in [-0.3, -0.25) is 9.48 Å². The average molecular weight is 178 g/mol. The van der Waals surface area contributed by atoms with Gasteiger partial charge in [-0.05, 0) is 12.8 Å². The minimum atomic E-state index is -0.221. The molecule has 70 valence electrons. The van der Waals surface area contributed by atoms with Crippen LogP contribution in [0.4, 0.5) is 0 Å². The van der Waals surface area contributed by atoms with Gasteiger partial charge in [0.15, 0.2) is 5.78 Å². The lowest BCUT2D eigenvalue weighted by Crippen LogP contribution is -2.30. The van der Waals surface area contributed by atoms with Crippen molar-refractivity contribution in [2.24, 2.45) is 12.5 Å². The minimum absolute atomic E-state index is 0.189. The molecule has 13 heavy (non-hydrogen) atoms. The third-order valence-corrected chi connectivity index (χ3v) is 2.75. The average Bonchev–Trinajstić information content (AvgIpc) is 2.40. The van der Waals surface area contributed by atoms with Crippen LogP contribution in [0.25, 0.3) is 0 Å². The van der Waals surface area contributed by atoms with Crippen molar-refractivity contribution in [1.82, 2.24) is 9.78 Å². The molecule has 1 aliphatic rings. The molecule has 0 N–H and O–H groups in total. The minimum Gasteiger partial charge on any atom is -0.292 e. The van der Waals surface area contributed by atoms with Crippen molar-refractivity contribution in [1.29, 1.82) is 0 Å². The Balaban J connectivity index is 2.51. The van der Waals surface area contributed by atoms with Crippen LogP contribution < -0.4 is 0 Å². The van der Waals surface area contributed by atoms with Crippen LogP contribution in [0, 0.1) is 5.41 Å². The predicted molar refractivity (Wildman–Crippen MR) is 49.6 cm³/mol. The van der Waals surface area contributed by atoms with Crippen LogP contribution in [0.1, 0.15) is 36.3 Å². The normalized spacial score (nSPS) is 20.1. The number of fused-ring (bicyclic) bond motifs is 1. The first-order valence-electron chi connectivity index (χ1n) is 4.58. The summed E-state index contributed by atoms with van der Waals surface area (Å²) in [6.07, 6.45) is 3.86. The predicted octanol–water partition coefficient (Wildman–Crippen LogP) is 1.58. The monoisotopic (exact) mass is 178 g/mol. The van der Waals surface area contributed by atoms with Gasteiger partial charge in [0.2, 0.25) is 0 Å².